The number of nitrogens with one attached hydrogen (secondary N) is 1. The van der Waals surface area contributed by atoms with Crippen LogP contribution in [0.15, 0.2) is 12.4 Å². The number of rotatable bonds is 5. The van der Waals surface area contributed by atoms with Crippen LogP contribution >= 0.6 is 0 Å². The molecule has 1 aliphatic rings. The van der Waals surface area contributed by atoms with Gasteiger partial charge in [-0.15, -0.1) is 0 Å². The summed E-state index contributed by atoms with van der Waals surface area (Å²) in [6.45, 7) is 7.89. The van der Waals surface area contributed by atoms with Crippen LogP contribution in [0.2, 0.25) is 0 Å². The molecule has 19 heavy (non-hydrogen) atoms. The molecule has 0 bridgehead atoms. The smallest absolute Gasteiger partial charge is 0.0521 e. The highest BCUT2D eigenvalue weighted by Gasteiger charge is 2.26. The standard InChI is InChI=1S/C16H29N3/c1-16(2,3)17-11-15(14-7-5-6-8-14)9-13-10-18-19(4)12-13/h10,12,14-15,17H,5-9,11H2,1-4H3. The maximum atomic E-state index is 4.30. The SMILES string of the molecule is Cn1cc(CC(CNC(C)(C)C)C2CCCC2)cn1. The van der Waals surface area contributed by atoms with Crippen molar-refractivity contribution in [3.63, 3.8) is 0 Å². The minimum Gasteiger partial charge on any atom is -0.312 e. The lowest BCUT2D eigenvalue weighted by molar-refractivity contribution is 0.286. The third kappa shape index (κ3) is 4.64. The van der Waals surface area contributed by atoms with Crippen LogP contribution in [0, 0.1) is 11.8 Å². The van der Waals surface area contributed by atoms with E-state index in [1.165, 1.54) is 37.7 Å². The molecule has 1 aliphatic carbocycles. The van der Waals surface area contributed by atoms with E-state index in [-0.39, 0.29) is 5.54 Å². The molecule has 0 aromatic carbocycles. The van der Waals surface area contributed by atoms with Crippen LogP contribution < -0.4 is 5.32 Å². The van der Waals surface area contributed by atoms with Crippen LogP contribution in [0.1, 0.15) is 52.0 Å². The molecule has 3 heteroatoms. The van der Waals surface area contributed by atoms with Crippen molar-refractivity contribution in [3.05, 3.63) is 18.0 Å². The zero-order valence-corrected chi connectivity index (χ0v) is 12.9. The zero-order valence-electron chi connectivity index (χ0n) is 12.9. The van der Waals surface area contributed by atoms with Crippen LogP contribution in [-0.2, 0) is 13.5 Å². The van der Waals surface area contributed by atoms with Gasteiger partial charge >= 0.3 is 0 Å². The first-order chi connectivity index (χ1) is 8.94. The van der Waals surface area contributed by atoms with E-state index in [0.29, 0.717) is 0 Å². The average molecular weight is 263 g/mol. The third-order valence-electron chi connectivity index (χ3n) is 4.22. The van der Waals surface area contributed by atoms with E-state index in [0.717, 1.165) is 18.4 Å². The molecule has 1 fully saturated rings. The van der Waals surface area contributed by atoms with Crippen LogP contribution in [0.5, 0.6) is 0 Å². The normalized spacial score (nSPS) is 18.9. The molecular formula is C16H29N3. The zero-order chi connectivity index (χ0) is 13.9. The van der Waals surface area contributed by atoms with Crippen LogP contribution in [-0.4, -0.2) is 21.9 Å². The van der Waals surface area contributed by atoms with Crippen molar-refractivity contribution >= 4 is 0 Å². The molecular weight excluding hydrogens is 234 g/mol. The maximum Gasteiger partial charge on any atom is 0.0521 e. The molecule has 108 valence electrons. The summed E-state index contributed by atoms with van der Waals surface area (Å²) in [7, 11) is 2.00. The van der Waals surface area contributed by atoms with Crippen molar-refractivity contribution in [1.29, 1.82) is 0 Å². The first kappa shape index (κ1) is 14.6. The number of aromatic nitrogens is 2. The topological polar surface area (TPSA) is 29.9 Å². The highest BCUT2D eigenvalue weighted by atomic mass is 15.2. The van der Waals surface area contributed by atoms with Gasteiger partial charge in [0.15, 0.2) is 0 Å². The largest absolute Gasteiger partial charge is 0.312 e. The second-order valence-corrected chi connectivity index (χ2v) is 7.16. The van der Waals surface area contributed by atoms with Gasteiger partial charge in [-0.25, -0.2) is 0 Å². The summed E-state index contributed by atoms with van der Waals surface area (Å²) in [6.07, 6.45) is 11.0. The van der Waals surface area contributed by atoms with Gasteiger partial charge in [0.05, 0.1) is 6.20 Å². The fourth-order valence-corrected chi connectivity index (χ4v) is 3.15. The van der Waals surface area contributed by atoms with Crippen molar-refractivity contribution in [3.8, 4) is 0 Å². The van der Waals surface area contributed by atoms with E-state index in [4.69, 9.17) is 0 Å². The Labute approximate surface area is 117 Å². The van der Waals surface area contributed by atoms with E-state index in [2.05, 4.69) is 37.4 Å². The lowest BCUT2D eigenvalue weighted by Gasteiger charge is -2.28. The lowest BCUT2D eigenvalue weighted by atomic mass is 9.85. The van der Waals surface area contributed by atoms with Gasteiger partial charge in [-0.05, 0) is 51.1 Å². The Hall–Kier alpha value is -0.830. The highest BCUT2D eigenvalue weighted by Crippen LogP contribution is 2.33. The predicted octanol–water partition coefficient (Wildman–Crippen LogP) is 3.16. The van der Waals surface area contributed by atoms with Crippen LogP contribution in [0.25, 0.3) is 0 Å². The van der Waals surface area contributed by atoms with Gasteiger partial charge in [-0.3, -0.25) is 4.68 Å². The van der Waals surface area contributed by atoms with Gasteiger partial charge in [-0.2, -0.15) is 5.10 Å². The molecule has 0 aliphatic heterocycles. The Morgan fingerprint density at radius 2 is 2.05 bits per heavy atom. The number of hydrogen-bond donors (Lipinski definition) is 1. The summed E-state index contributed by atoms with van der Waals surface area (Å²) >= 11 is 0. The van der Waals surface area contributed by atoms with Gasteiger partial charge in [0, 0.05) is 18.8 Å². The van der Waals surface area contributed by atoms with Crippen molar-refractivity contribution in [2.75, 3.05) is 6.54 Å². The van der Waals surface area contributed by atoms with Crippen molar-refractivity contribution < 1.29 is 0 Å². The molecule has 3 nitrogen and oxygen atoms in total. The van der Waals surface area contributed by atoms with E-state index >= 15 is 0 Å². The number of hydrogen-bond acceptors (Lipinski definition) is 2. The fraction of sp³-hybridized carbons (Fsp3) is 0.812. The number of nitrogens with zero attached hydrogens (tertiary/aromatic N) is 2. The molecule has 0 radical (unpaired) electrons. The molecule has 1 atom stereocenters. The molecule has 1 heterocycles. The molecule has 0 saturated heterocycles. The average Bonchev–Trinajstić information content (AvgIpc) is 2.94. The highest BCUT2D eigenvalue weighted by molar-refractivity contribution is 5.06. The molecule has 1 unspecified atom stereocenters. The van der Waals surface area contributed by atoms with Crippen molar-refractivity contribution in [2.24, 2.45) is 18.9 Å². The molecule has 1 aromatic rings. The first-order valence-electron chi connectivity index (χ1n) is 7.66. The van der Waals surface area contributed by atoms with Gasteiger partial charge in [0.25, 0.3) is 0 Å². The van der Waals surface area contributed by atoms with Crippen LogP contribution in [0.3, 0.4) is 0 Å². The summed E-state index contributed by atoms with van der Waals surface area (Å²) in [5.41, 5.74) is 1.60. The summed E-state index contributed by atoms with van der Waals surface area (Å²) in [4.78, 5) is 0. The van der Waals surface area contributed by atoms with Crippen molar-refractivity contribution in [2.45, 2.75) is 58.4 Å². The molecule has 1 N–H and O–H groups in total. The van der Waals surface area contributed by atoms with E-state index in [9.17, 15) is 0 Å². The third-order valence-corrected chi connectivity index (χ3v) is 4.22. The molecule has 1 saturated carbocycles. The van der Waals surface area contributed by atoms with Gasteiger partial charge in [0.2, 0.25) is 0 Å². The minimum atomic E-state index is 0.214. The second-order valence-electron chi connectivity index (χ2n) is 7.16. The summed E-state index contributed by atoms with van der Waals surface area (Å²) in [6, 6.07) is 0. The number of aryl methyl sites for hydroxylation is 1. The van der Waals surface area contributed by atoms with Gasteiger partial charge in [0.1, 0.15) is 0 Å². The van der Waals surface area contributed by atoms with E-state index in [1.807, 2.05) is 17.9 Å². The van der Waals surface area contributed by atoms with E-state index < -0.39 is 0 Å². The second kappa shape index (κ2) is 6.08. The molecule has 2 rings (SSSR count). The van der Waals surface area contributed by atoms with Crippen molar-refractivity contribution in [1.82, 2.24) is 15.1 Å². The lowest BCUT2D eigenvalue weighted by Crippen LogP contribution is -2.41. The Bertz CT molecular complexity index is 383. The molecule has 1 aromatic heterocycles. The maximum absolute atomic E-state index is 4.30. The Balaban J connectivity index is 1.97. The van der Waals surface area contributed by atoms with Gasteiger partial charge < -0.3 is 5.32 Å². The van der Waals surface area contributed by atoms with E-state index in [1.54, 1.807) is 0 Å². The van der Waals surface area contributed by atoms with Crippen LogP contribution in [0.4, 0.5) is 0 Å². The summed E-state index contributed by atoms with van der Waals surface area (Å²) in [5, 5.41) is 8.00. The Morgan fingerprint density at radius 3 is 2.58 bits per heavy atom. The molecule has 0 spiro atoms. The monoisotopic (exact) mass is 263 g/mol. The summed E-state index contributed by atoms with van der Waals surface area (Å²) < 4.78 is 1.91. The fourth-order valence-electron chi connectivity index (χ4n) is 3.15. The molecule has 0 amide bonds. The summed E-state index contributed by atoms with van der Waals surface area (Å²) in [5.74, 6) is 1.65. The predicted molar refractivity (Wildman–Crippen MR) is 80.1 cm³/mol. The quantitative estimate of drug-likeness (QED) is 0.884. The minimum absolute atomic E-state index is 0.214. The first-order valence-corrected chi connectivity index (χ1v) is 7.66. The Morgan fingerprint density at radius 1 is 1.37 bits per heavy atom. The Kier molecular flexibility index (Phi) is 4.67. The van der Waals surface area contributed by atoms with Gasteiger partial charge in [-0.1, -0.05) is 25.7 Å².